The standard InChI is InChI=1S/C44H26N2/c1-2-15-33-29(12-1)32-25-24-27(26-41(32)46-40-23-10-9-22-39(40)45-43(33)46)28-17-11-21-38-42(28)34-16-5-8-20-37(34)44(38)35-18-6-3-13-30(35)31-14-4-7-19-36(31)44/h1-26H. The van der Waals surface area contributed by atoms with Crippen molar-refractivity contribution in [3.8, 4) is 33.4 Å². The maximum absolute atomic E-state index is 5.14. The Hall–Kier alpha value is -5.99. The number of aromatic nitrogens is 2. The molecule has 0 bridgehead atoms. The largest absolute Gasteiger partial charge is 0.292 e. The Balaban J connectivity index is 1.26. The SMILES string of the molecule is c1ccc2c(c1)-c1ccccc1C21c2ccccc2-c2c(-c3ccc4c5ccccc5c5nc6ccccc6n5c4c3)cccc21. The smallest absolute Gasteiger partial charge is 0.146 e. The molecule has 0 N–H and O–H groups in total. The first-order valence-electron chi connectivity index (χ1n) is 16.0. The van der Waals surface area contributed by atoms with Gasteiger partial charge < -0.3 is 0 Å². The molecule has 2 nitrogen and oxygen atoms in total. The summed E-state index contributed by atoms with van der Waals surface area (Å²) in [7, 11) is 0. The Labute approximate surface area is 265 Å². The molecule has 7 aromatic carbocycles. The van der Waals surface area contributed by atoms with Gasteiger partial charge in [-0.15, -0.1) is 0 Å². The highest BCUT2D eigenvalue weighted by atomic mass is 15.0. The molecule has 0 unspecified atom stereocenters. The maximum Gasteiger partial charge on any atom is 0.146 e. The zero-order valence-electron chi connectivity index (χ0n) is 24.9. The van der Waals surface area contributed by atoms with Gasteiger partial charge in [0, 0.05) is 10.8 Å². The molecule has 2 aliphatic rings. The van der Waals surface area contributed by atoms with Crippen molar-refractivity contribution < 1.29 is 0 Å². The van der Waals surface area contributed by atoms with E-state index in [-0.39, 0.29) is 5.41 Å². The number of hydrogen-bond donors (Lipinski definition) is 0. The van der Waals surface area contributed by atoms with Crippen molar-refractivity contribution in [3.05, 3.63) is 180 Å². The lowest BCUT2D eigenvalue weighted by Crippen LogP contribution is -2.25. The van der Waals surface area contributed by atoms with Crippen LogP contribution in [0.1, 0.15) is 22.3 Å². The van der Waals surface area contributed by atoms with E-state index in [1.54, 1.807) is 0 Å². The van der Waals surface area contributed by atoms with Gasteiger partial charge in [0.05, 0.1) is 22.0 Å². The van der Waals surface area contributed by atoms with Crippen LogP contribution in [0.3, 0.4) is 0 Å². The fourth-order valence-corrected chi connectivity index (χ4v) is 8.86. The number of hydrogen-bond acceptors (Lipinski definition) is 1. The van der Waals surface area contributed by atoms with E-state index in [4.69, 9.17) is 4.98 Å². The van der Waals surface area contributed by atoms with E-state index in [1.807, 2.05) is 0 Å². The second-order valence-electron chi connectivity index (χ2n) is 12.7. The summed E-state index contributed by atoms with van der Waals surface area (Å²) in [6.45, 7) is 0. The van der Waals surface area contributed by atoms with E-state index in [0.29, 0.717) is 0 Å². The second-order valence-corrected chi connectivity index (χ2v) is 12.7. The van der Waals surface area contributed by atoms with Crippen molar-refractivity contribution in [2.45, 2.75) is 5.41 Å². The second kappa shape index (κ2) is 8.59. The average Bonchev–Trinajstić information content (AvgIpc) is 3.76. The van der Waals surface area contributed by atoms with Crippen molar-refractivity contribution in [2.75, 3.05) is 0 Å². The number of nitrogens with zero attached hydrogens (tertiary/aromatic N) is 2. The van der Waals surface area contributed by atoms with Crippen LogP contribution in [0.2, 0.25) is 0 Å². The fourth-order valence-electron chi connectivity index (χ4n) is 8.86. The number of para-hydroxylation sites is 2. The molecule has 1 spiro atoms. The van der Waals surface area contributed by atoms with Crippen molar-refractivity contribution >= 4 is 38.4 Å². The summed E-state index contributed by atoms with van der Waals surface area (Å²) >= 11 is 0. The van der Waals surface area contributed by atoms with Gasteiger partial charge in [0.1, 0.15) is 5.65 Å². The monoisotopic (exact) mass is 582 g/mol. The summed E-state index contributed by atoms with van der Waals surface area (Å²) in [4.78, 5) is 5.14. The van der Waals surface area contributed by atoms with Gasteiger partial charge in [0.2, 0.25) is 0 Å². The van der Waals surface area contributed by atoms with Crippen LogP contribution in [-0.2, 0) is 5.41 Å². The predicted molar refractivity (Wildman–Crippen MR) is 189 cm³/mol. The summed E-state index contributed by atoms with van der Waals surface area (Å²) in [6, 6.07) is 58.2. The minimum Gasteiger partial charge on any atom is -0.292 e. The van der Waals surface area contributed by atoms with Crippen molar-refractivity contribution in [3.63, 3.8) is 0 Å². The third-order valence-electron chi connectivity index (χ3n) is 10.6. The molecule has 0 saturated heterocycles. The molecule has 2 aromatic heterocycles. The topological polar surface area (TPSA) is 17.3 Å². The van der Waals surface area contributed by atoms with E-state index in [2.05, 4.69) is 162 Å². The number of benzene rings is 7. The van der Waals surface area contributed by atoms with Crippen LogP contribution in [0.5, 0.6) is 0 Å². The first-order valence-corrected chi connectivity index (χ1v) is 16.0. The minimum atomic E-state index is -0.351. The molecule has 2 heterocycles. The van der Waals surface area contributed by atoms with Crippen LogP contribution in [0.15, 0.2) is 158 Å². The van der Waals surface area contributed by atoms with Crippen LogP contribution >= 0.6 is 0 Å². The number of imidazole rings is 1. The lowest BCUT2D eigenvalue weighted by Gasteiger charge is -2.30. The van der Waals surface area contributed by atoms with Crippen molar-refractivity contribution in [2.24, 2.45) is 0 Å². The Bertz CT molecular complexity index is 2720. The van der Waals surface area contributed by atoms with Crippen molar-refractivity contribution in [1.82, 2.24) is 9.38 Å². The van der Waals surface area contributed by atoms with Gasteiger partial charge in [-0.25, -0.2) is 4.98 Å². The van der Waals surface area contributed by atoms with Crippen LogP contribution < -0.4 is 0 Å². The van der Waals surface area contributed by atoms with Crippen LogP contribution in [0.4, 0.5) is 0 Å². The zero-order chi connectivity index (χ0) is 30.0. The molecule has 9 aromatic rings. The van der Waals surface area contributed by atoms with E-state index in [1.165, 1.54) is 77.3 Å². The lowest BCUT2D eigenvalue weighted by atomic mass is 9.70. The Morgan fingerprint density at radius 2 is 1.00 bits per heavy atom. The van der Waals surface area contributed by atoms with Crippen LogP contribution in [0, 0.1) is 0 Å². The van der Waals surface area contributed by atoms with Gasteiger partial charge in [-0.1, -0.05) is 140 Å². The van der Waals surface area contributed by atoms with Crippen LogP contribution in [0.25, 0.3) is 71.7 Å². The Morgan fingerprint density at radius 1 is 0.413 bits per heavy atom. The highest BCUT2D eigenvalue weighted by Gasteiger charge is 2.51. The molecule has 0 amide bonds. The van der Waals surface area contributed by atoms with Gasteiger partial charge in [-0.2, -0.15) is 0 Å². The summed E-state index contributed by atoms with van der Waals surface area (Å²) in [5.41, 5.74) is 17.2. The molecule has 0 atom stereocenters. The molecule has 0 fully saturated rings. The molecule has 11 rings (SSSR count). The number of rotatable bonds is 1. The number of pyridine rings is 1. The zero-order valence-corrected chi connectivity index (χ0v) is 24.9. The molecule has 0 aliphatic heterocycles. The van der Waals surface area contributed by atoms with Gasteiger partial charge >= 0.3 is 0 Å². The third kappa shape index (κ3) is 2.81. The fraction of sp³-hybridized carbons (Fsp3) is 0.0227. The first kappa shape index (κ1) is 24.3. The summed E-state index contributed by atoms with van der Waals surface area (Å²) in [5, 5.41) is 3.64. The summed E-state index contributed by atoms with van der Waals surface area (Å²) in [5.74, 6) is 0. The van der Waals surface area contributed by atoms with Crippen LogP contribution in [-0.4, -0.2) is 9.38 Å². The maximum atomic E-state index is 5.14. The van der Waals surface area contributed by atoms with Gasteiger partial charge in [-0.3, -0.25) is 4.40 Å². The first-order chi connectivity index (χ1) is 22.8. The quantitative estimate of drug-likeness (QED) is 0.176. The summed E-state index contributed by atoms with van der Waals surface area (Å²) < 4.78 is 2.36. The van der Waals surface area contributed by atoms with Crippen molar-refractivity contribution in [1.29, 1.82) is 0 Å². The van der Waals surface area contributed by atoms with Gasteiger partial charge in [0.25, 0.3) is 0 Å². The third-order valence-corrected chi connectivity index (χ3v) is 10.6. The van der Waals surface area contributed by atoms with E-state index < -0.39 is 0 Å². The van der Waals surface area contributed by atoms with Gasteiger partial charge in [0.15, 0.2) is 0 Å². The predicted octanol–water partition coefficient (Wildman–Crippen LogP) is 10.8. The highest BCUT2D eigenvalue weighted by Crippen LogP contribution is 2.63. The highest BCUT2D eigenvalue weighted by molar-refractivity contribution is 6.14. The molecular formula is C44H26N2. The Morgan fingerprint density at radius 3 is 1.78 bits per heavy atom. The molecular weight excluding hydrogens is 556 g/mol. The van der Waals surface area contributed by atoms with E-state index in [9.17, 15) is 0 Å². The molecule has 212 valence electrons. The molecule has 0 saturated carbocycles. The minimum absolute atomic E-state index is 0.351. The van der Waals surface area contributed by atoms with E-state index in [0.717, 1.165) is 16.7 Å². The lowest BCUT2D eigenvalue weighted by molar-refractivity contribution is 0.794. The summed E-state index contributed by atoms with van der Waals surface area (Å²) in [6.07, 6.45) is 0. The average molecular weight is 583 g/mol. The molecule has 2 heteroatoms. The number of fused-ring (bicyclic) bond motifs is 18. The molecule has 46 heavy (non-hydrogen) atoms. The molecule has 2 aliphatic carbocycles. The van der Waals surface area contributed by atoms with Gasteiger partial charge in [-0.05, 0) is 79.2 Å². The Kier molecular flexibility index (Phi) is 4.55. The normalized spacial score (nSPS) is 13.8. The molecule has 0 radical (unpaired) electrons. The van der Waals surface area contributed by atoms with E-state index >= 15 is 0 Å².